The van der Waals surface area contributed by atoms with Crippen molar-refractivity contribution in [3.05, 3.63) is 125 Å². The van der Waals surface area contributed by atoms with Crippen LogP contribution >= 0.6 is 0 Å². The van der Waals surface area contributed by atoms with Crippen molar-refractivity contribution in [1.29, 1.82) is 0 Å². The van der Waals surface area contributed by atoms with Crippen molar-refractivity contribution in [2.75, 3.05) is 0 Å². The summed E-state index contributed by atoms with van der Waals surface area (Å²) in [7, 11) is 0. The van der Waals surface area contributed by atoms with E-state index in [0.29, 0.717) is 17.0 Å². The molecule has 7 rings (SSSR count). The van der Waals surface area contributed by atoms with E-state index in [0.717, 1.165) is 16.3 Å². The van der Waals surface area contributed by atoms with Crippen LogP contribution in [-0.4, -0.2) is 37.1 Å². The van der Waals surface area contributed by atoms with Gasteiger partial charge < -0.3 is 10.2 Å². The Labute approximate surface area is 264 Å². The molecule has 222 valence electrons. The number of carboxylic acids is 2. The molecule has 0 bridgehead atoms. The van der Waals surface area contributed by atoms with Crippen LogP contribution in [0.25, 0.3) is 55.1 Å². The smallest absolute Gasteiger partial charge is 0.335 e. The van der Waals surface area contributed by atoms with Crippen LogP contribution in [0.15, 0.2) is 97.3 Å². The van der Waals surface area contributed by atoms with Gasteiger partial charge in [-0.15, -0.1) is 0 Å². The van der Waals surface area contributed by atoms with Crippen LogP contribution in [0.3, 0.4) is 0 Å². The zero-order chi connectivity index (χ0) is 32.2. The molecule has 0 unspecified atom stereocenters. The fourth-order valence-electron chi connectivity index (χ4n) is 5.77. The average Bonchev–Trinajstić information content (AvgIpc) is 3.05. The number of carboxylic acid groups (broad SMARTS) is 2. The Kier molecular flexibility index (Phi) is 6.72. The highest BCUT2D eigenvalue weighted by Crippen LogP contribution is 2.38. The molecule has 3 aromatic heterocycles. The molecular formula is C39H27N3O4. The Morgan fingerprint density at radius 2 is 1.20 bits per heavy atom. The van der Waals surface area contributed by atoms with Gasteiger partial charge in [-0.1, -0.05) is 75.1 Å². The van der Waals surface area contributed by atoms with Gasteiger partial charge in [0.15, 0.2) is 0 Å². The standard InChI is InChI=1S/C39H27N3O4/c1-39(2,3)29-17-25-9-8-24-7-6-23(30-11-10-26(18-29)35(25)36(24)30)5-4-22-12-14-40-31(16-22)33-20-28(38(45)46)21-34(42-33)32-19-27(37(43)44)13-15-41-32/h6-21H,1-3H3,(H,43,44)(H,45,46). The summed E-state index contributed by atoms with van der Waals surface area (Å²) < 4.78 is 0. The highest BCUT2D eigenvalue weighted by molar-refractivity contribution is 6.24. The van der Waals surface area contributed by atoms with E-state index in [4.69, 9.17) is 0 Å². The van der Waals surface area contributed by atoms with Crippen molar-refractivity contribution < 1.29 is 19.8 Å². The van der Waals surface area contributed by atoms with Gasteiger partial charge in [0.05, 0.1) is 33.9 Å². The fourth-order valence-corrected chi connectivity index (χ4v) is 5.77. The van der Waals surface area contributed by atoms with Gasteiger partial charge in [-0.05, 0) is 85.8 Å². The average molecular weight is 602 g/mol. The topological polar surface area (TPSA) is 113 Å². The highest BCUT2D eigenvalue weighted by Gasteiger charge is 2.18. The van der Waals surface area contributed by atoms with Crippen molar-refractivity contribution in [3.8, 4) is 34.6 Å². The normalized spacial score (nSPS) is 11.5. The lowest BCUT2D eigenvalue weighted by molar-refractivity contribution is 0.0686. The van der Waals surface area contributed by atoms with Crippen molar-refractivity contribution in [1.82, 2.24) is 15.0 Å². The van der Waals surface area contributed by atoms with Crippen LogP contribution in [0.4, 0.5) is 0 Å². The van der Waals surface area contributed by atoms with Gasteiger partial charge in [0.2, 0.25) is 0 Å². The second-order valence-corrected chi connectivity index (χ2v) is 12.3. The zero-order valence-corrected chi connectivity index (χ0v) is 25.3. The van der Waals surface area contributed by atoms with E-state index in [1.807, 2.05) is 6.07 Å². The summed E-state index contributed by atoms with van der Waals surface area (Å²) in [6, 6.07) is 26.5. The molecule has 0 radical (unpaired) electrons. The van der Waals surface area contributed by atoms with E-state index in [1.165, 1.54) is 57.6 Å². The number of hydrogen-bond acceptors (Lipinski definition) is 5. The molecule has 0 spiro atoms. The van der Waals surface area contributed by atoms with Gasteiger partial charge >= 0.3 is 11.9 Å². The minimum atomic E-state index is -1.15. The van der Waals surface area contributed by atoms with Crippen molar-refractivity contribution in [2.24, 2.45) is 0 Å². The van der Waals surface area contributed by atoms with Gasteiger partial charge in [-0.25, -0.2) is 14.6 Å². The lowest BCUT2D eigenvalue weighted by atomic mass is 9.83. The van der Waals surface area contributed by atoms with Gasteiger partial charge in [-0.3, -0.25) is 9.97 Å². The number of rotatable bonds is 4. The monoisotopic (exact) mass is 601 g/mol. The number of pyridine rings is 3. The van der Waals surface area contributed by atoms with Crippen LogP contribution in [-0.2, 0) is 5.41 Å². The molecule has 7 aromatic rings. The number of hydrogen-bond donors (Lipinski definition) is 2. The fraction of sp³-hybridized carbons (Fsp3) is 0.103. The number of aromatic carboxylic acids is 2. The second kappa shape index (κ2) is 10.8. The molecule has 0 aliphatic carbocycles. The Balaban J connectivity index is 1.30. The quantitative estimate of drug-likeness (QED) is 0.154. The summed E-state index contributed by atoms with van der Waals surface area (Å²) in [5.74, 6) is 4.35. The van der Waals surface area contributed by atoms with E-state index in [-0.39, 0.29) is 27.9 Å². The highest BCUT2D eigenvalue weighted by atomic mass is 16.4. The van der Waals surface area contributed by atoms with Crippen LogP contribution in [0.2, 0.25) is 0 Å². The van der Waals surface area contributed by atoms with Crippen LogP contribution < -0.4 is 0 Å². The maximum absolute atomic E-state index is 12.0. The predicted molar refractivity (Wildman–Crippen MR) is 179 cm³/mol. The first kappa shape index (κ1) is 28.6. The zero-order valence-electron chi connectivity index (χ0n) is 25.3. The Morgan fingerprint density at radius 3 is 1.87 bits per heavy atom. The SMILES string of the molecule is CC(C)(C)c1cc2ccc3ccc(C#Cc4ccnc(-c5cc(C(=O)O)cc(-c6cc(C(=O)O)ccn6)n5)c4)c4ccc(c1)c2c34. The molecule has 0 atom stereocenters. The maximum atomic E-state index is 12.0. The number of aromatic nitrogens is 3. The van der Waals surface area contributed by atoms with E-state index in [9.17, 15) is 19.8 Å². The van der Waals surface area contributed by atoms with Gasteiger partial charge in [0.25, 0.3) is 0 Å². The molecule has 0 amide bonds. The summed E-state index contributed by atoms with van der Waals surface area (Å²) in [6.07, 6.45) is 2.96. The lowest BCUT2D eigenvalue weighted by Crippen LogP contribution is -2.10. The third-order valence-electron chi connectivity index (χ3n) is 8.17. The first-order chi connectivity index (χ1) is 22.0. The van der Waals surface area contributed by atoms with Crippen LogP contribution in [0.5, 0.6) is 0 Å². The minimum absolute atomic E-state index is 0.0194. The molecule has 2 N–H and O–H groups in total. The Hall–Kier alpha value is -6.13. The van der Waals surface area contributed by atoms with E-state index in [1.54, 1.807) is 18.3 Å². The summed E-state index contributed by atoms with van der Waals surface area (Å²) in [6.45, 7) is 6.69. The summed E-state index contributed by atoms with van der Waals surface area (Å²) in [5.41, 5.74) is 4.11. The molecule has 46 heavy (non-hydrogen) atoms. The van der Waals surface area contributed by atoms with Gasteiger partial charge in [0, 0.05) is 23.5 Å². The molecular weight excluding hydrogens is 574 g/mol. The number of carbonyl (C=O) groups is 2. The predicted octanol–water partition coefficient (Wildman–Crippen LogP) is 8.20. The third-order valence-corrected chi connectivity index (χ3v) is 8.17. The molecule has 0 aliphatic heterocycles. The number of benzene rings is 4. The molecule has 4 aromatic carbocycles. The first-order valence-corrected chi connectivity index (χ1v) is 14.7. The molecule has 0 aliphatic rings. The van der Waals surface area contributed by atoms with Crippen LogP contribution in [0.1, 0.15) is 58.2 Å². The van der Waals surface area contributed by atoms with Crippen molar-refractivity contribution in [2.45, 2.75) is 26.2 Å². The Morgan fingerprint density at radius 1 is 0.609 bits per heavy atom. The summed E-state index contributed by atoms with van der Waals surface area (Å²) >= 11 is 0. The molecule has 0 saturated heterocycles. The van der Waals surface area contributed by atoms with Gasteiger partial charge in [0.1, 0.15) is 0 Å². The van der Waals surface area contributed by atoms with Gasteiger partial charge in [-0.2, -0.15) is 0 Å². The van der Waals surface area contributed by atoms with Crippen LogP contribution in [0, 0.1) is 11.8 Å². The van der Waals surface area contributed by atoms with Crippen molar-refractivity contribution >= 4 is 44.3 Å². The third kappa shape index (κ3) is 5.16. The lowest BCUT2D eigenvalue weighted by Gasteiger charge is -2.21. The second-order valence-electron chi connectivity index (χ2n) is 12.3. The Bertz CT molecular complexity index is 2410. The molecule has 3 heterocycles. The number of nitrogens with zero attached hydrogens (tertiary/aromatic N) is 3. The molecule has 0 saturated carbocycles. The minimum Gasteiger partial charge on any atom is -0.478 e. The van der Waals surface area contributed by atoms with E-state index in [2.05, 4.69) is 90.0 Å². The summed E-state index contributed by atoms with van der Waals surface area (Å²) in [4.78, 5) is 36.7. The largest absolute Gasteiger partial charge is 0.478 e. The summed E-state index contributed by atoms with van der Waals surface area (Å²) in [5, 5.41) is 26.3. The molecule has 0 fully saturated rings. The van der Waals surface area contributed by atoms with E-state index >= 15 is 0 Å². The van der Waals surface area contributed by atoms with E-state index < -0.39 is 11.9 Å². The molecule has 7 nitrogen and oxygen atoms in total. The first-order valence-electron chi connectivity index (χ1n) is 14.7. The maximum Gasteiger partial charge on any atom is 0.335 e. The molecule has 7 heteroatoms. The van der Waals surface area contributed by atoms with Crippen molar-refractivity contribution in [3.63, 3.8) is 0 Å².